The quantitative estimate of drug-likeness (QED) is 0.577. The van der Waals surface area contributed by atoms with Crippen LogP contribution in [-0.2, 0) is 23.9 Å². The molecule has 156 valence electrons. The molecule has 29 heavy (non-hydrogen) atoms. The van der Waals surface area contributed by atoms with Crippen LogP contribution >= 0.6 is 0 Å². The minimum absolute atomic E-state index is 0.0384. The van der Waals surface area contributed by atoms with Crippen molar-refractivity contribution in [2.45, 2.75) is 70.2 Å². The van der Waals surface area contributed by atoms with Gasteiger partial charge in [0.25, 0.3) is 0 Å². The molecular formula is C23H28O6. The van der Waals surface area contributed by atoms with Crippen molar-refractivity contribution in [3.05, 3.63) is 23.8 Å². The highest BCUT2D eigenvalue weighted by Gasteiger charge is 2.81. The van der Waals surface area contributed by atoms with E-state index in [0.717, 1.165) is 24.8 Å². The molecule has 5 rings (SSSR count). The number of esters is 1. The van der Waals surface area contributed by atoms with Crippen molar-refractivity contribution in [2.24, 2.45) is 22.7 Å². The molecule has 0 amide bonds. The van der Waals surface area contributed by atoms with Crippen LogP contribution < -0.4 is 0 Å². The molecule has 0 aromatic rings. The van der Waals surface area contributed by atoms with Crippen molar-refractivity contribution in [1.29, 1.82) is 0 Å². The van der Waals surface area contributed by atoms with E-state index in [0.29, 0.717) is 12.8 Å². The number of ether oxygens (including phenoxy) is 2. The Hall–Kier alpha value is -1.79. The molecule has 0 radical (unpaired) electrons. The Morgan fingerprint density at radius 1 is 1.28 bits per heavy atom. The van der Waals surface area contributed by atoms with Crippen LogP contribution in [0.1, 0.15) is 52.9 Å². The fraction of sp³-hybridized carbons (Fsp3) is 0.696. The number of epoxide rings is 1. The molecule has 4 aliphatic carbocycles. The van der Waals surface area contributed by atoms with Gasteiger partial charge in [-0.25, -0.2) is 0 Å². The normalized spacial score (nSPS) is 49.3. The van der Waals surface area contributed by atoms with Gasteiger partial charge in [-0.05, 0) is 63.0 Å². The lowest BCUT2D eigenvalue weighted by atomic mass is 9.47. The molecule has 4 fully saturated rings. The highest BCUT2D eigenvalue weighted by atomic mass is 16.6. The fourth-order valence-electron chi connectivity index (χ4n) is 7.40. The number of hydrogen-bond acceptors (Lipinski definition) is 6. The van der Waals surface area contributed by atoms with Gasteiger partial charge in [0.1, 0.15) is 11.2 Å². The van der Waals surface area contributed by atoms with Gasteiger partial charge in [-0.15, -0.1) is 0 Å². The highest BCUT2D eigenvalue weighted by Crippen LogP contribution is 2.75. The summed E-state index contributed by atoms with van der Waals surface area (Å²) in [6, 6.07) is 0. The van der Waals surface area contributed by atoms with E-state index >= 15 is 0 Å². The average Bonchev–Trinajstić information content (AvgIpc) is 3.32. The first kappa shape index (κ1) is 19.2. The van der Waals surface area contributed by atoms with E-state index in [1.165, 1.54) is 6.92 Å². The Balaban J connectivity index is 1.49. The lowest BCUT2D eigenvalue weighted by molar-refractivity contribution is -0.165. The van der Waals surface area contributed by atoms with Gasteiger partial charge in [-0.1, -0.05) is 18.6 Å². The molecule has 0 aromatic carbocycles. The third-order valence-corrected chi connectivity index (χ3v) is 8.95. The largest absolute Gasteiger partial charge is 0.458 e. The lowest BCUT2D eigenvalue weighted by Crippen LogP contribution is -2.61. The van der Waals surface area contributed by atoms with E-state index < -0.39 is 22.8 Å². The van der Waals surface area contributed by atoms with Crippen molar-refractivity contribution >= 4 is 17.5 Å². The van der Waals surface area contributed by atoms with E-state index in [1.807, 2.05) is 13.0 Å². The summed E-state index contributed by atoms with van der Waals surface area (Å²) in [5.74, 6) is -0.514. The van der Waals surface area contributed by atoms with Gasteiger partial charge in [-0.2, -0.15) is 0 Å². The Bertz CT molecular complexity index is 888. The van der Waals surface area contributed by atoms with E-state index in [-0.39, 0.29) is 41.3 Å². The number of carbonyl (C=O) groups excluding carboxylic acids is 3. The van der Waals surface area contributed by atoms with Crippen LogP contribution in [0.15, 0.2) is 23.8 Å². The standard InChI is InChI=1S/C23H28O6/c1-13(24)28-12-18(26)22(27)9-7-16-17-5-4-14-10-15(25)6-8-20(14,2)23(17)19(29-23)11-21(16,22)3/h6,8,10,16-17,19,27H,4-5,7,9,11-12H2,1-3H3/t16-,17-,19-,20-,21-,22-,23+/m0/s1. The SMILES string of the molecule is CC(=O)OCC(=O)[C@@]1(O)CC[C@H]2[C@@H]3CCC4=CC(=O)C=C[C@]4(C)[C@@]34O[C@H]4C[C@@]21C. The van der Waals surface area contributed by atoms with E-state index in [9.17, 15) is 19.5 Å². The van der Waals surface area contributed by atoms with Crippen molar-refractivity contribution in [1.82, 2.24) is 0 Å². The Labute approximate surface area is 170 Å². The summed E-state index contributed by atoms with van der Waals surface area (Å²) in [4.78, 5) is 36.0. The molecule has 1 heterocycles. The zero-order valence-electron chi connectivity index (χ0n) is 17.2. The molecule has 6 nitrogen and oxygen atoms in total. The van der Waals surface area contributed by atoms with Gasteiger partial charge >= 0.3 is 5.97 Å². The molecule has 0 aromatic heterocycles. The van der Waals surface area contributed by atoms with Gasteiger partial charge in [-0.3, -0.25) is 14.4 Å². The van der Waals surface area contributed by atoms with Gasteiger partial charge in [0, 0.05) is 17.8 Å². The zero-order chi connectivity index (χ0) is 20.8. The number of carbonyl (C=O) groups is 3. The third kappa shape index (κ3) is 2.17. The number of rotatable bonds is 3. The van der Waals surface area contributed by atoms with Crippen LogP contribution in [0.4, 0.5) is 0 Å². The van der Waals surface area contributed by atoms with Crippen molar-refractivity contribution in [3.8, 4) is 0 Å². The topological polar surface area (TPSA) is 93.2 Å². The Morgan fingerprint density at radius 3 is 2.76 bits per heavy atom. The Morgan fingerprint density at radius 2 is 2.03 bits per heavy atom. The third-order valence-electron chi connectivity index (χ3n) is 8.95. The first-order chi connectivity index (χ1) is 13.6. The van der Waals surface area contributed by atoms with Gasteiger partial charge in [0.05, 0.1) is 6.10 Å². The molecule has 6 heteroatoms. The van der Waals surface area contributed by atoms with Crippen molar-refractivity contribution in [2.75, 3.05) is 6.61 Å². The molecule has 7 atom stereocenters. The molecule has 0 unspecified atom stereocenters. The number of allylic oxidation sites excluding steroid dienone is 2. The molecule has 0 bridgehead atoms. The van der Waals surface area contributed by atoms with Crippen molar-refractivity contribution < 1.29 is 29.0 Å². The van der Waals surface area contributed by atoms with Crippen molar-refractivity contribution in [3.63, 3.8) is 0 Å². The smallest absolute Gasteiger partial charge is 0.303 e. The second-order valence-corrected chi connectivity index (χ2v) is 9.98. The zero-order valence-corrected chi connectivity index (χ0v) is 17.2. The molecule has 1 aliphatic heterocycles. The fourth-order valence-corrected chi connectivity index (χ4v) is 7.40. The van der Waals surface area contributed by atoms with Gasteiger partial charge in [0.2, 0.25) is 5.78 Å². The first-order valence-electron chi connectivity index (χ1n) is 10.6. The maximum atomic E-state index is 12.9. The molecule has 5 aliphatic rings. The monoisotopic (exact) mass is 400 g/mol. The second-order valence-electron chi connectivity index (χ2n) is 9.98. The molecule has 1 saturated heterocycles. The van der Waals surface area contributed by atoms with Gasteiger partial charge in [0.15, 0.2) is 12.4 Å². The molecule has 1 spiro atoms. The number of hydrogen-bond donors (Lipinski definition) is 1. The van der Waals surface area contributed by atoms with E-state index in [2.05, 4.69) is 6.92 Å². The summed E-state index contributed by atoms with van der Waals surface area (Å²) in [6.07, 6.45) is 8.86. The molecule has 3 saturated carbocycles. The number of fused-ring (bicyclic) bond motifs is 3. The van der Waals surface area contributed by atoms with Gasteiger partial charge < -0.3 is 14.6 Å². The lowest BCUT2D eigenvalue weighted by Gasteiger charge is -2.55. The van der Waals surface area contributed by atoms with E-state index in [1.54, 1.807) is 12.2 Å². The summed E-state index contributed by atoms with van der Waals surface area (Å²) in [5.41, 5.74) is -1.61. The average molecular weight is 400 g/mol. The number of ketones is 2. The maximum absolute atomic E-state index is 12.9. The first-order valence-corrected chi connectivity index (χ1v) is 10.6. The maximum Gasteiger partial charge on any atom is 0.303 e. The minimum atomic E-state index is -1.50. The molecular weight excluding hydrogens is 372 g/mol. The Kier molecular flexibility index (Phi) is 3.75. The van der Waals surface area contributed by atoms with Crippen LogP contribution in [0.2, 0.25) is 0 Å². The predicted octanol–water partition coefficient (Wildman–Crippen LogP) is 2.29. The number of aliphatic hydroxyl groups is 1. The highest BCUT2D eigenvalue weighted by molar-refractivity contribution is 6.01. The van der Waals surface area contributed by atoms with Crippen LogP contribution in [0, 0.1) is 22.7 Å². The second kappa shape index (κ2) is 5.67. The number of Topliss-reactive ketones (excluding diaryl/α,β-unsaturated/α-hetero) is 1. The summed E-state index contributed by atoms with van der Waals surface area (Å²) in [7, 11) is 0. The van der Waals surface area contributed by atoms with Crippen LogP contribution in [0.5, 0.6) is 0 Å². The van der Waals surface area contributed by atoms with Crippen LogP contribution in [-0.4, -0.2) is 46.6 Å². The summed E-state index contributed by atoms with van der Waals surface area (Å²) < 4.78 is 11.4. The minimum Gasteiger partial charge on any atom is -0.458 e. The molecule has 1 N–H and O–H groups in total. The summed E-state index contributed by atoms with van der Waals surface area (Å²) in [5, 5.41) is 11.5. The van der Waals surface area contributed by atoms with E-state index in [4.69, 9.17) is 9.47 Å². The predicted molar refractivity (Wildman–Crippen MR) is 103 cm³/mol. The summed E-state index contributed by atoms with van der Waals surface area (Å²) in [6.45, 7) is 5.06. The summed E-state index contributed by atoms with van der Waals surface area (Å²) >= 11 is 0. The van der Waals surface area contributed by atoms with Crippen LogP contribution in [0.3, 0.4) is 0 Å². The van der Waals surface area contributed by atoms with Crippen LogP contribution in [0.25, 0.3) is 0 Å².